The highest BCUT2D eigenvalue weighted by molar-refractivity contribution is 5.18. The van der Waals surface area contributed by atoms with Crippen molar-refractivity contribution in [2.45, 2.75) is 39.0 Å². The van der Waals surface area contributed by atoms with Crippen LogP contribution in [0.2, 0.25) is 0 Å². The van der Waals surface area contributed by atoms with E-state index in [0.717, 1.165) is 28.7 Å². The van der Waals surface area contributed by atoms with Crippen LogP contribution in [0, 0.1) is 0 Å². The van der Waals surface area contributed by atoms with Crippen molar-refractivity contribution < 1.29 is 0 Å². The van der Waals surface area contributed by atoms with Gasteiger partial charge < -0.3 is 0 Å². The summed E-state index contributed by atoms with van der Waals surface area (Å²) in [5.74, 6) is 2.34. The van der Waals surface area contributed by atoms with Gasteiger partial charge in [0.1, 0.15) is 17.5 Å². The summed E-state index contributed by atoms with van der Waals surface area (Å²) in [6.07, 6.45) is 6.65. The summed E-state index contributed by atoms with van der Waals surface area (Å²) < 4.78 is 0. The fourth-order valence-corrected chi connectivity index (χ4v) is 2.31. The van der Waals surface area contributed by atoms with E-state index in [-0.39, 0.29) is 5.41 Å². The second-order valence-corrected chi connectivity index (χ2v) is 6.78. The summed E-state index contributed by atoms with van der Waals surface area (Å²) in [7, 11) is 0. The molecule has 0 aliphatic rings. The molecule has 3 heterocycles. The SMILES string of the molecule is CC(C)(C)c1nc(Cc2cccnc2)nc(Cc2ccccn2)n1. The van der Waals surface area contributed by atoms with Gasteiger partial charge in [-0.2, -0.15) is 0 Å². The third kappa shape index (κ3) is 4.19. The van der Waals surface area contributed by atoms with Crippen LogP contribution in [0.3, 0.4) is 0 Å². The van der Waals surface area contributed by atoms with Crippen LogP contribution in [0.5, 0.6) is 0 Å². The number of nitrogens with zero attached hydrogens (tertiary/aromatic N) is 5. The predicted molar refractivity (Wildman–Crippen MR) is 92.6 cm³/mol. The molecule has 5 heteroatoms. The van der Waals surface area contributed by atoms with Crippen molar-refractivity contribution in [3.63, 3.8) is 0 Å². The molecule has 0 saturated carbocycles. The first-order chi connectivity index (χ1) is 11.5. The Hall–Kier alpha value is -2.69. The Kier molecular flexibility index (Phi) is 4.60. The van der Waals surface area contributed by atoms with Gasteiger partial charge in [0.2, 0.25) is 0 Å². The van der Waals surface area contributed by atoms with Crippen molar-refractivity contribution in [2.75, 3.05) is 0 Å². The van der Waals surface area contributed by atoms with Crippen molar-refractivity contribution >= 4 is 0 Å². The number of rotatable bonds is 4. The second kappa shape index (κ2) is 6.83. The number of hydrogen-bond acceptors (Lipinski definition) is 5. The molecule has 0 spiro atoms. The summed E-state index contributed by atoms with van der Waals surface area (Å²) in [6.45, 7) is 6.34. The molecule has 3 aromatic heterocycles. The van der Waals surface area contributed by atoms with Gasteiger partial charge in [-0.3, -0.25) is 9.97 Å². The fourth-order valence-electron chi connectivity index (χ4n) is 2.31. The fraction of sp³-hybridized carbons (Fsp3) is 0.316. The van der Waals surface area contributed by atoms with Crippen LogP contribution in [-0.2, 0) is 18.3 Å². The molecule has 0 aliphatic heterocycles. The first-order valence-corrected chi connectivity index (χ1v) is 8.04. The Bertz CT molecular complexity index is 735. The highest BCUT2D eigenvalue weighted by Gasteiger charge is 2.20. The lowest BCUT2D eigenvalue weighted by molar-refractivity contribution is 0.531. The minimum Gasteiger partial charge on any atom is -0.264 e. The van der Waals surface area contributed by atoms with Crippen molar-refractivity contribution in [2.24, 2.45) is 0 Å². The lowest BCUT2D eigenvalue weighted by Gasteiger charge is -2.18. The molecule has 3 aromatic rings. The van der Waals surface area contributed by atoms with Gasteiger partial charge in [-0.25, -0.2) is 15.0 Å². The molecule has 0 saturated heterocycles. The van der Waals surface area contributed by atoms with Crippen LogP contribution in [0.4, 0.5) is 0 Å². The molecule has 0 N–H and O–H groups in total. The van der Waals surface area contributed by atoms with Gasteiger partial charge >= 0.3 is 0 Å². The summed E-state index contributed by atoms with van der Waals surface area (Å²) in [6, 6.07) is 9.83. The van der Waals surface area contributed by atoms with Gasteiger partial charge in [0.25, 0.3) is 0 Å². The van der Waals surface area contributed by atoms with E-state index in [2.05, 4.69) is 45.7 Å². The van der Waals surface area contributed by atoms with Crippen LogP contribution < -0.4 is 0 Å². The molecule has 0 aromatic carbocycles. The number of aromatic nitrogens is 5. The Labute approximate surface area is 142 Å². The highest BCUT2D eigenvalue weighted by atomic mass is 15.0. The van der Waals surface area contributed by atoms with Gasteiger partial charge in [-0.05, 0) is 23.8 Å². The molecule has 0 radical (unpaired) electrons. The van der Waals surface area contributed by atoms with E-state index in [0.29, 0.717) is 12.8 Å². The van der Waals surface area contributed by atoms with Crippen molar-refractivity contribution in [1.29, 1.82) is 0 Å². The standard InChI is InChI=1S/C19H21N5/c1-19(2,3)18-23-16(11-14-7-6-9-20-13-14)22-17(24-18)12-15-8-4-5-10-21-15/h4-10,13H,11-12H2,1-3H3. The predicted octanol–water partition coefficient (Wildman–Crippen LogP) is 3.14. The topological polar surface area (TPSA) is 64.5 Å². The molecule has 0 amide bonds. The highest BCUT2D eigenvalue weighted by Crippen LogP contribution is 2.19. The van der Waals surface area contributed by atoms with Crippen LogP contribution in [0.25, 0.3) is 0 Å². The van der Waals surface area contributed by atoms with Gasteiger partial charge in [0.05, 0.1) is 6.42 Å². The summed E-state index contributed by atoms with van der Waals surface area (Å²) in [5.41, 5.74) is 1.91. The maximum atomic E-state index is 4.67. The summed E-state index contributed by atoms with van der Waals surface area (Å²) in [4.78, 5) is 22.5. The maximum Gasteiger partial charge on any atom is 0.138 e. The molecule has 3 rings (SSSR count). The van der Waals surface area contributed by atoms with Crippen LogP contribution in [0.1, 0.15) is 49.5 Å². The molecule has 0 unspecified atom stereocenters. The molecule has 0 fully saturated rings. The Morgan fingerprint density at radius 2 is 1.62 bits per heavy atom. The molecule has 122 valence electrons. The number of pyridine rings is 2. The Morgan fingerprint density at radius 1 is 0.833 bits per heavy atom. The molecule has 0 atom stereocenters. The van der Waals surface area contributed by atoms with Crippen LogP contribution >= 0.6 is 0 Å². The molecule has 24 heavy (non-hydrogen) atoms. The van der Waals surface area contributed by atoms with E-state index < -0.39 is 0 Å². The second-order valence-electron chi connectivity index (χ2n) is 6.78. The maximum absolute atomic E-state index is 4.67. The van der Waals surface area contributed by atoms with Gasteiger partial charge in [-0.1, -0.05) is 32.9 Å². The number of hydrogen-bond donors (Lipinski definition) is 0. The first-order valence-electron chi connectivity index (χ1n) is 8.04. The van der Waals surface area contributed by atoms with E-state index in [1.807, 2.05) is 36.5 Å². The molecular formula is C19H21N5. The van der Waals surface area contributed by atoms with E-state index in [1.54, 1.807) is 12.4 Å². The van der Waals surface area contributed by atoms with Gasteiger partial charge in [-0.15, -0.1) is 0 Å². The van der Waals surface area contributed by atoms with E-state index in [1.165, 1.54) is 0 Å². The molecular weight excluding hydrogens is 298 g/mol. The normalized spacial score (nSPS) is 11.5. The van der Waals surface area contributed by atoms with Gasteiger partial charge in [0.15, 0.2) is 0 Å². The average Bonchev–Trinajstić information content (AvgIpc) is 2.56. The zero-order chi connectivity index (χ0) is 17.0. The van der Waals surface area contributed by atoms with Crippen LogP contribution in [-0.4, -0.2) is 24.9 Å². The molecule has 0 bridgehead atoms. The van der Waals surface area contributed by atoms with Crippen molar-refractivity contribution in [3.8, 4) is 0 Å². The largest absolute Gasteiger partial charge is 0.264 e. The minimum atomic E-state index is -0.133. The van der Waals surface area contributed by atoms with Crippen molar-refractivity contribution in [3.05, 3.63) is 77.7 Å². The Balaban J connectivity index is 1.94. The lowest BCUT2D eigenvalue weighted by atomic mass is 9.95. The third-order valence-corrected chi connectivity index (χ3v) is 3.55. The van der Waals surface area contributed by atoms with Gasteiger partial charge in [0, 0.05) is 36.1 Å². The molecule has 0 aliphatic carbocycles. The zero-order valence-corrected chi connectivity index (χ0v) is 14.3. The first kappa shape index (κ1) is 16.2. The zero-order valence-electron chi connectivity index (χ0n) is 14.3. The quantitative estimate of drug-likeness (QED) is 0.739. The lowest BCUT2D eigenvalue weighted by Crippen LogP contribution is -2.20. The van der Waals surface area contributed by atoms with Crippen LogP contribution in [0.15, 0.2) is 48.9 Å². The van der Waals surface area contributed by atoms with E-state index >= 15 is 0 Å². The summed E-state index contributed by atoms with van der Waals surface area (Å²) >= 11 is 0. The average molecular weight is 319 g/mol. The van der Waals surface area contributed by atoms with E-state index in [9.17, 15) is 0 Å². The van der Waals surface area contributed by atoms with Crippen molar-refractivity contribution in [1.82, 2.24) is 24.9 Å². The minimum absolute atomic E-state index is 0.133. The summed E-state index contributed by atoms with van der Waals surface area (Å²) in [5, 5.41) is 0. The third-order valence-electron chi connectivity index (χ3n) is 3.55. The monoisotopic (exact) mass is 319 g/mol. The van der Waals surface area contributed by atoms with E-state index in [4.69, 9.17) is 0 Å². The molecule has 5 nitrogen and oxygen atoms in total. The Morgan fingerprint density at radius 3 is 2.25 bits per heavy atom. The smallest absolute Gasteiger partial charge is 0.138 e.